The number of carbonyl (C=O) groups excluding carboxylic acids is 1. The summed E-state index contributed by atoms with van der Waals surface area (Å²) in [5, 5.41) is 2.82. The minimum atomic E-state index is -0.00505. The second-order valence-corrected chi connectivity index (χ2v) is 5.47. The third-order valence-corrected chi connectivity index (χ3v) is 4.04. The van der Waals surface area contributed by atoms with E-state index in [1.165, 1.54) is 6.42 Å². The van der Waals surface area contributed by atoms with E-state index in [1.54, 1.807) is 6.20 Å². The van der Waals surface area contributed by atoms with Crippen molar-refractivity contribution in [2.45, 2.75) is 25.7 Å². The van der Waals surface area contributed by atoms with Crippen LogP contribution < -0.4 is 11.1 Å². The molecule has 0 bridgehead atoms. The van der Waals surface area contributed by atoms with Gasteiger partial charge in [-0.1, -0.05) is 6.42 Å². The molecule has 1 aliphatic carbocycles. The average Bonchev–Trinajstić information content (AvgIpc) is 2.27. The van der Waals surface area contributed by atoms with E-state index in [0.29, 0.717) is 18.8 Å². The Hall–Kier alpha value is -0.940. The van der Waals surface area contributed by atoms with Crippen LogP contribution in [0.4, 0.5) is 5.82 Å². The van der Waals surface area contributed by atoms with Crippen LogP contribution >= 0.6 is 15.9 Å². The number of halogens is 1. The maximum Gasteiger partial charge on any atom is 0.226 e. The van der Waals surface area contributed by atoms with E-state index in [2.05, 4.69) is 26.2 Å². The first-order valence-electron chi connectivity index (χ1n) is 5.76. The largest absolute Gasteiger partial charge is 0.330 e. The van der Waals surface area contributed by atoms with E-state index >= 15 is 0 Å². The minimum absolute atomic E-state index is 0.00505. The van der Waals surface area contributed by atoms with Gasteiger partial charge in [0.2, 0.25) is 5.91 Å². The Morgan fingerprint density at radius 1 is 1.59 bits per heavy atom. The Labute approximate surface area is 109 Å². The molecule has 17 heavy (non-hydrogen) atoms. The van der Waals surface area contributed by atoms with Crippen LogP contribution in [0, 0.1) is 5.41 Å². The van der Waals surface area contributed by atoms with Crippen molar-refractivity contribution in [2.24, 2.45) is 11.1 Å². The van der Waals surface area contributed by atoms with E-state index in [-0.39, 0.29) is 11.3 Å². The van der Waals surface area contributed by atoms with Crippen molar-refractivity contribution in [3.05, 3.63) is 22.8 Å². The van der Waals surface area contributed by atoms with Crippen LogP contribution in [0.2, 0.25) is 0 Å². The van der Waals surface area contributed by atoms with Crippen LogP contribution in [-0.2, 0) is 4.79 Å². The summed E-state index contributed by atoms with van der Waals surface area (Å²) in [6, 6.07) is 3.66. The van der Waals surface area contributed by atoms with Crippen LogP contribution in [0.25, 0.3) is 0 Å². The molecule has 0 aliphatic heterocycles. The summed E-state index contributed by atoms with van der Waals surface area (Å²) in [6.45, 7) is 0.587. The zero-order valence-corrected chi connectivity index (χ0v) is 11.2. The second kappa shape index (κ2) is 5.14. The summed E-state index contributed by atoms with van der Waals surface area (Å²) in [4.78, 5) is 16.0. The van der Waals surface area contributed by atoms with Gasteiger partial charge in [-0.15, -0.1) is 0 Å². The number of nitrogens with two attached hydrogens (primary N) is 1. The zero-order chi connectivity index (χ0) is 12.3. The highest BCUT2D eigenvalue weighted by atomic mass is 79.9. The van der Waals surface area contributed by atoms with Gasteiger partial charge in [0, 0.05) is 12.6 Å². The van der Waals surface area contributed by atoms with E-state index in [4.69, 9.17) is 5.73 Å². The molecule has 1 aliphatic rings. The van der Waals surface area contributed by atoms with Gasteiger partial charge in [0.05, 0.1) is 4.47 Å². The number of amides is 1. The van der Waals surface area contributed by atoms with Crippen LogP contribution in [0.15, 0.2) is 22.8 Å². The lowest BCUT2D eigenvalue weighted by molar-refractivity contribution is -0.119. The maximum absolute atomic E-state index is 11.9. The summed E-state index contributed by atoms with van der Waals surface area (Å²) < 4.78 is 0.795. The van der Waals surface area contributed by atoms with E-state index in [1.807, 2.05) is 12.1 Å². The fourth-order valence-electron chi connectivity index (χ4n) is 2.12. The van der Waals surface area contributed by atoms with E-state index in [0.717, 1.165) is 17.3 Å². The second-order valence-electron chi connectivity index (χ2n) is 4.62. The fraction of sp³-hybridized carbons (Fsp3) is 0.500. The molecule has 0 spiro atoms. The molecule has 0 saturated heterocycles. The summed E-state index contributed by atoms with van der Waals surface area (Å²) in [6.07, 6.45) is 5.44. The number of anilines is 1. The van der Waals surface area contributed by atoms with Gasteiger partial charge in [-0.25, -0.2) is 4.98 Å². The van der Waals surface area contributed by atoms with Crippen LogP contribution in [-0.4, -0.2) is 17.4 Å². The Morgan fingerprint density at radius 3 is 2.88 bits per heavy atom. The smallest absolute Gasteiger partial charge is 0.226 e. The first-order chi connectivity index (χ1) is 8.15. The molecule has 1 amide bonds. The number of hydrogen-bond donors (Lipinski definition) is 2. The Kier molecular flexibility index (Phi) is 3.79. The van der Waals surface area contributed by atoms with Crippen molar-refractivity contribution in [3.8, 4) is 0 Å². The molecule has 4 nitrogen and oxygen atoms in total. The summed E-state index contributed by atoms with van der Waals surface area (Å²) >= 11 is 3.35. The Balaban J connectivity index is 1.96. The lowest BCUT2D eigenvalue weighted by Crippen LogP contribution is -2.40. The molecular formula is C12H16BrN3O. The first-order valence-corrected chi connectivity index (χ1v) is 6.55. The van der Waals surface area contributed by atoms with Gasteiger partial charge in [0.1, 0.15) is 5.82 Å². The van der Waals surface area contributed by atoms with Gasteiger partial charge in [-0.2, -0.15) is 0 Å². The number of carbonyl (C=O) groups is 1. The van der Waals surface area contributed by atoms with Gasteiger partial charge < -0.3 is 11.1 Å². The third-order valence-electron chi connectivity index (χ3n) is 3.40. The molecular weight excluding hydrogens is 282 g/mol. The molecule has 1 aromatic rings. The van der Waals surface area contributed by atoms with Gasteiger partial charge in [-0.05, 0) is 52.9 Å². The molecule has 0 atom stereocenters. The van der Waals surface area contributed by atoms with Crippen molar-refractivity contribution in [1.82, 2.24) is 4.98 Å². The van der Waals surface area contributed by atoms with Crippen LogP contribution in [0.3, 0.4) is 0 Å². The van der Waals surface area contributed by atoms with Gasteiger partial charge in [0.15, 0.2) is 0 Å². The Bertz CT molecular complexity index is 412. The van der Waals surface area contributed by atoms with Gasteiger partial charge >= 0.3 is 0 Å². The molecule has 3 N–H and O–H groups in total. The van der Waals surface area contributed by atoms with Crippen molar-refractivity contribution in [2.75, 3.05) is 11.9 Å². The SMILES string of the molecule is NCC1(CC(=O)Nc2ncccc2Br)CCC1. The number of aromatic nitrogens is 1. The monoisotopic (exact) mass is 297 g/mol. The van der Waals surface area contributed by atoms with E-state index < -0.39 is 0 Å². The van der Waals surface area contributed by atoms with Crippen molar-refractivity contribution in [1.29, 1.82) is 0 Å². The summed E-state index contributed by atoms with van der Waals surface area (Å²) in [7, 11) is 0. The summed E-state index contributed by atoms with van der Waals surface area (Å²) in [5.41, 5.74) is 5.77. The molecule has 92 valence electrons. The highest BCUT2D eigenvalue weighted by Crippen LogP contribution is 2.43. The summed E-state index contributed by atoms with van der Waals surface area (Å²) in [5.74, 6) is 0.568. The molecule has 1 saturated carbocycles. The average molecular weight is 298 g/mol. The van der Waals surface area contributed by atoms with E-state index in [9.17, 15) is 4.79 Å². The molecule has 5 heteroatoms. The van der Waals surface area contributed by atoms with Crippen molar-refractivity contribution < 1.29 is 4.79 Å². The molecule has 1 fully saturated rings. The molecule has 0 radical (unpaired) electrons. The first kappa shape index (κ1) is 12.5. The molecule has 1 aromatic heterocycles. The number of nitrogens with zero attached hydrogens (tertiary/aromatic N) is 1. The lowest BCUT2D eigenvalue weighted by Gasteiger charge is -2.40. The number of hydrogen-bond acceptors (Lipinski definition) is 3. The maximum atomic E-state index is 11.9. The Morgan fingerprint density at radius 2 is 2.35 bits per heavy atom. The molecule has 0 unspecified atom stereocenters. The van der Waals surface area contributed by atoms with Gasteiger partial charge in [-0.3, -0.25) is 4.79 Å². The topological polar surface area (TPSA) is 68.0 Å². The van der Waals surface area contributed by atoms with Crippen molar-refractivity contribution in [3.63, 3.8) is 0 Å². The minimum Gasteiger partial charge on any atom is -0.330 e. The highest BCUT2D eigenvalue weighted by Gasteiger charge is 2.37. The third kappa shape index (κ3) is 2.84. The van der Waals surface area contributed by atoms with Gasteiger partial charge in [0.25, 0.3) is 0 Å². The highest BCUT2D eigenvalue weighted by molar-refractivity contribution is 9.10. The number of rotatable bonds is 4. The fourth-order valence-corrected chi connectivity index (χ4v) is 2.48. The normalized spacial score (nSPS) is 17.3. The van der Waals surface area contributed by atoms with Crippen LogP contribution in [0.1, 0.15) is 25.7 Å². The zero-order valence-electron chi connectivity index (χ0n) is 9.58. The lowest BCUT2D eigenvalue weighted by atomic mass is 9.66. The van der Waals surface area contributed by atoms with Crippen LogP contribution in [0.5, 0.6) is 0 Å². The standard InChI is InChI=1S/C12H16BrN3O/c13-9-3-1-6-15-11(9)16-10(17)7-12(8-14)4-2-5-12/h1,3,6H,2,4-5,7-8,14H2,(H,15,16,17). The predicted molar refractivity (Wildman–Crippen MR) is 70.5 cm³/mol. The quantitative estimate of drug-likeness (QED) is 0.896. The molecule has 0 aromatic carbocycles. The predicted octanol–water partition coefficient (Wildman–Crippen LogP) is 2.30. The molecule has 2 rings (SSSR count). The number of nitrogens with one attached hydrogen (secondary N) is 1. The van der Waals surface area contributed by atoms with Crippen molar-refractivity contribution >= 4 is 27.7 Å². The molecule has 1 heterocycles. The number of pyridine rings is 1.